The molecule has 0 aliphatic heterocycles. The molecule has 0 saturated heterocycles. The molecule has 3 rings (SSSR count). The van der Waals surface area contributed by atoms with Gasteiger partial charge in [0.1, 0.15) is 0 Å². The van der Waals surface area contributed by atoms with Crippen molar-refractivity contribution in [3.8, 4) is 0 Å². The van der Waals surface area contributed by atoms with Crippen molar-refractivity contribution in [2.75, 3.05) is 16.3 Å². The number of anilines is 2. The molecule has 0 fully saturated rings. The highest BCUT2D eigenvalue weighted by Crippen LogP contribution is 2.46. The van der Waals surface area contributed by atoms with E-state index in [1.54, 1.807) is 0 Å². The molecule has 5 nitrogen and oxygen atoms in total. The predicted molar refractivity (Wildman–Crippen MR) is 125 cm³/mol. The molecule has 0 atom stereocenters. The lowest BCUT2D eigenvalue weighted by atomic mass is 9.63. The molecule has 0 aromatic heterocycles. The zero-order valence-electron chi connectivity index (χ0n) is 17.7. The number of carbonyl (C=O) groups is 1. The van der Waals surface area contributed by atoms with Gasteiger partial charge in [0.05, 0.1) is 22.0 Å². The number of nitrogens with one attached hydrogen (secondary N) is 2. The second-order valence-corrected chi connectivity index (χ2v) is 11.7. The number of amides is 1. The first kappa shape index (κ1) is 22.9. The van der Waals surface area contributed by atoms with E-state index in [0.29, 0.717) is 11.3 Å². The molecular weight excluding hydrogens is 443 g/mol. The maximum absolute atomic E-state index is 12.9. The van der Waals surface area contributed by atoms with Crippen LogP contribution in [-0.4, -0.2) is 20.6 Å². The highest BCUT2D eigenvalue weighted by atomic mass is 35.5. The Kier molecular flexibility index (Phi) is 5.91. The van der Waals surface area contributed by atoms with Crippen LogP contribution in [0.2, 0.25) is 10.0 Å². The number of hydrogen-bond acceptors (Lipinski definition) is 3. The van der Waals surface area contributed by atoms with Crippen LogP contribution in [0.3, 0.4) is 0 Å². The van der Waals surface area contributed by atoms with Crippen LogP contribution < -0.4 is 10.0 Å². The molecular formula is C22H26Cl2N2O3S. The van der Waals surface area contributed by atoms with Crippen molar-refractivity contribution >= 4 is 50.5 Å². The topological polar surface area (TPSA) is 75.3 Å². The Labute approximate surface area is 188 Å². The summed E-state index contributed by atoms with van der Waals surface area (Å²) in [5.41, 5.74) is 3.54. The number of fused-ring (bicyclic) bond motifs is 1. The first-order valence-electron chi connectivity index (χ1n) is 9.63. The van der Waals surface area contributed by atoms with E-state index in [9.17, 15) is 13.2 Å². The third-order valence-corrected chi connectivity index (χ3v) is 6.87. The SMILES string of the molecule is CC1(C)CCC(C)(C)c2cc(C(=O)Nc3cc(Cl)c(NS(C)(=O)=O)c(Cl)c3)ccc21. The highest BCUT2D eigenvalue weighted by molar-refractivity contribution is 7.92. The first-order valence-corrected chi connectivity index (χ1v) is 12.3. The molecule has 8 heteroatoms. The lowest BCUT2D eigenvalue weighted by Gasteiger charge is -2.42. The van der Waals surface area contributed by atoms with Crippen LogP contribution in [0.5, 0.6) is 0 Å². The standard InChI is InChI=1S/C22H26Cl2N2O3S/c1-21(2)8-9-22(3,4)16-10-13(6-7-15(16)21)20(27)25-14-11-17(23)19(18(24)12-14)26-30(5,28)29/h6-7,10-12,26H,8-9H2,1-5H3,(H,25,27). The Bertz CT molecular complexity index is 1100. The van der Waals surface area contributed by atoms with Gasteiger partial charge in [0.15, 0.2) is 0 Å². The molecule has 0 saturated carbocycles. The van der Waals surface area contributed by atoms with Gasteiger partial charge in [0.2, 0.25) is 10.0 Å². The van der Waals surface area contributed by atoms with E-state index >= 15 is 0 Å². The second-order valence-electron chi connectivity index (χ2n) is 9.17. The molecule has 2 aromatic carbocycles. The molecule has 2 N–H and O–H groups in total. The molecule has 1 amide bonds. The third kappa shape index (κ3) is 4.76. The summed E-state index contributed by atoms with van der Waals surface area (Å²) in [5.74, 6) is -0.284. The van der Waals surface area contributed by atoms with Gasteiger partial charge in [-0.2, -0.15) is 0 Å². The van der Waals surface area contributed by atoms with Crippen LogP contribution in [-0.2, 0) is 20.9 Å². The maximum atomic E-state index is 12.9. The lowest BCUT2D eigenvalue weighted by molar-refractivity contribution is 0.102. The van der Waals surface area contributed by atoms with Crippen LogP contribution in [0.25, 0.3) is 0 Å². The van der Waals surface area contributed by atoms with Crippen molar-refractivity contribution in [1.82, 2.24) is 0 Å². The van der Waals surface area contributed by atoms with Gasteiger partial charge in [-0.05, 0) is 59.1 Å². The normalized spacial score (nSPS) is 17.2. The number of halogens is 2. The number of rotatable bonds is 4. The summed E-state index contributed by atoms with van der Waals surface area (Å²) in [6, 6.07) is 8.77. The van der Waals surface area contributed by atoms with Crippen LogP contribution in [0.4, 0.5) is 11.4 Å². The summed E-state index contributed by atoms with van der Waals surface area (Å²) in [6.07, 6.45) is 3.16. The minimum atomic E-state index is -3.54. The largest absolute Gasteiger partial charge is 0.322 e. The summed E-state index contributed by atoms with van der Waals surface area (Å²) < 4.78 is 25.2. The lowest BCUT2D eigenvalue weighted by Crippen LogP contribution is -2.34. The van der Waals surface area contributed by atoms with Gasteiger partial charge in [-0.15, -0.1) is 0 Å². The number of carbonyl (C=O) groups excluding carboxylic acids is 1. The van der Waals surface area contributed by atoms with E-state index in [1.165, 1.54) is 23.3 Å². The zero-order chi connectivity index (χ0) is 22.5. The molecule has 2 aromatic rings. The van der Waals surface area contributed by atoms with Crippen LogP contribution in [0.15, 0.2) is 30.3 Å². The van der Waals surface area contributed by atoms with Crippen LogP contribution in [0.1, 0.15) is 62.0 Å². The van der Waals surface area contributed by atoms with Gasteiger partial charge in [-0.1, -0.05) is 57.0 Å². The van der Waals surface area contributed by atoms with Gasteiger partial charge < -0.3 is 5.32 Å². The molecule has 0 spiro atoms. The van der Waals surface area contributed by atoms with Crippen molar-refractivity contribution in [3.63, 3.8) is 0 Å². The van der Waals surface area contributed by atoms with Crippen molar-refractivity contribution < 1.29 is 13.2 Å². The van der Waals surface area contributed by atoms with Gasteiger partial charge in [0.25, 0.3) is 5.91 Å². The summed E-state index contributed by atoms with van der Waals surface area (Å²) in [7, 11) is -3.54. The maximum Gasteiger partial charge on any atom is 0.255 e. The minimum absolute atomic E-state index is 0.00722. The quantitative estimate of drug-likeness (QED) is 0.580. The van der Waals surface area contributed by atoms with E-state index in [-0.39, 0.29) is 32.5 Å². The third-order valence-electron chi connectivity index (χ3n) is 5.70. The van der Waals surface area contributed by atoms with Gasteiger partial charge in [0, 0.05) is 11.3 Å². The fraction of sp³-hybridized carbons (Fsp3) is 0.409. The fourth-order valence-corrected chi connectivity index (χ4v) is 5.15. The molecule has 1 aliphatic rings. The Morgan fingerprint density at radius 3 is 2.00 bits per heavy atom. The molecule has 0 unspecified atom stereocenters. The van der Waals surface area contributed by atoms with Gasteiger partial charge >= 0.3 is 0 Å². The number of hydrogen-bond donors (Lipinski definition) is 2. The average Bonchev–Trinajstić information content (AvgIpc) is 2.61. The van der Waals surface area contributed by atoms with E-state index in [0.717, 1.165) is 19.1 Å². The van der Waals surface area contributed by atoms with E-state index in [1.807, 2.05) is 18.2 Å². The Balaban J connectivity index is 1.90. The molecule has 30 heavy (non-hydrogen) atoms. The second kappa shape index (κ2) is 7.74. The van der Waals surface area contributed by atoms with E-state index in [4.69, 9.17) is 23.2 Å². The van der Waals surface area contributed by atoms with E-state index in [2.05, 4.69) is 37.7 Å². The molecule has 0 radical (unpaired) electrons. The van der Waals surface area contributed by atoms with Crippen molar-refractivity contribution in [2.24, 2.45) is 0 Å². The molecule has 0 heterocycles. The Hall–Kier alpha value is -1.76. The van der Waals surface area contributed by atoms with E-state index < -0.39 is 10.0 Å². The Morgan fingerprint density at radius 2 is 1.47 bits per heavy atom. The molecule has 0 bridgehead atoms. The van der Waals surface area contributed by atoms with Crippen LogP contribution in [0, 0.1) is 0 Å². The smallest absolute Gasteiger partial charge is 0.255 e. The van der Waals surface area contributed by atoms with Gasteiger partial charge in [-0.25, -0.2) is 8.42 Å². The summed E-state index contributed by atoms with van der Waals surface area (Å²) in [4.78, 5) is 12.9. The summed E-state index contributed by atoms with van der Waals surface area (Å²) >= 11 is 12.3. The van der Waals surface area contributed by atoms with Gasteiger partial charge in [-0.3, -0.25) is 9.52 Å². The van der Waals surface area contributed by atoms with Crippen molar-refractivity contribution in [3.05, 3.63) is 57.1 Å². The predicted octanol–water partition coefficient (Wildman–Crippen LogP) is 5.97. The monoisotopic (exact) mass is 468 g/mol. The summed E-state index contributed by atoms with van der Waals surface area (Å²) in [6.45, 7) is 8.87. The molecule has 1 aliphatic carbocycles. The highest BCUT2D eigenvalue weighted by Gasteiger charge is 2.37. The number of sulfonamides is 1. The molecule has 162 valence electrons. The fourth-order valence-electron chi connectivity index (χ4n) is 3.86. The van der Waals surface area contributed by atoms with Crippen molar-refractivity contribution in [1.29, 1.82) is 0 Å². The zero-order valence-corrected chi connectivity index (χ0v) is 20.0. The minimum Gasteiger partial charge on any atom is -0.322 e. The average molecular weight is 469 g/mol. The first-order chi connectivity index (χ1) is 13.7. The summed E-state index contributed by atoms with van der Waals surface area (Å²) in [5, 5.41) is 2.99. The van der Waals surface area contributed by atoms with Crippen molar-refractivity contribution in [2.45, 2.75) is 51.4 Å². The number of benzene rings is 2. The van der Waals surface area contributed by atoms with Crippen LogP contribution >= 0.6 is 23.2 Å². The Morgan fingerprint density at radius 1 is 0.933 bits per heavy atom.